The third-order valence-corrected chi connectivity index (χ3v) is 2.28. The van der Waals surface area contributed by atoms with Gasteiger partial charge in [0, 0.05) is 18.9 Å². The quantitative estimate of drug-likeness (QED) is 0.845. The van der Waals surface area contributed by atoms with E-state index in [1.165, 1.54) is 10.9 Å². The molecule has 2 rings (SSSR count). The molecule has 0 atom stereocenters. The molecule has 0 unspecified atom stereocenters. The molecule has 0 saturated heterocycles. The summed E-state index contributed by atoms with van der Waals surface area (Å²) >= 11 is 0. The van der Waals surface area contributed by atoms with Crippen molar-refractivity contribution < 1.29 is 0 Å². The summed E-state index contributed by atoms with van der Waals surface area (Å²) in [6.07, 6.45) is 6.33. The van der Waals surface area contributed by atoms with Gasteiger partial charge in [-0.1, -0.05) is 13.8 Å². The smallest absolute Gasteiger partial charge is 0.295 e. The van der Waals surface area contributed by atoms with Crippen molar-refractivity contribution in [2.24, 2.45) is 5.92 Å². The third-order valence-electron chi connectivity index (χ3n) is 2.28. The number of aromatic nitrogens is 4. The van der Waals surface area contributed by atoms with Gasteiger partial charge in [0.25, 0.3) is 5.56 Å². The van der Waals surface area contributed by atoms with Crippen molar-refractivity contribution in [3.8, 4) is 5.82 Å². The van der Waals surface area contributed by atoms with Crippen molar-refractivity contribution in [3.63, 3.8) is 0 Å². The normalized spacial score (nSPS) is 11.0. The van der Waals surface area contributed by atoms with Gasteiger partial charge in [0.05, 0.1) is 18.1 Å². The lowest BCUT2D eigenvalue weighted by Gasteiger charge is -2.09. The summed E-state index contributed by atoms with van der Waals surface area (Å²) in [4.78, 5) is 16.2. The molecular weight excluding hydrogens is 218 g/mol. The third kappa shape index (κ3) is 2.35. The van der Waals surface area contributed by atoms with Crippen LogP contribution in [-0.2, 0) is 6.54 Å². The van der Waals surface area contributed by atoms with Crippen LogP contribution in [0.25, 0.3) is 5.82 Å². The van der Waals surface area contributed by atoms with Crippen LogP contribution in [0.4, 0.5) is 5.69 Å². The number of hydrogen-bond acceptors (Lipinski definition) is 4. The first-order chi connectivity index (χ1) is 8.08. The Kier molecular flexibility index (Phi) is 2.95. The van der Waals surface area contributed by atoms with E-state index < -0.39 is 0 Å². The van der Waals surface area contributed by atoms with Crippen LogP contribution in [0.1, 0.15) is 13.8 Å². The molecule has 17 heavy (non-hydrogen) atoms. The summed E-state index contributed by atoms with van der Waals surface area (Å²) in [6.45, 7) is 4.77. The summed E-state index contributed by atoms with van der Waals surface area (Å²) < 4.78 is 3.03. The van der Waals surface area contributed by atoms with Gasteiger partial charge in [-0.15, -0.1) is 0 Å². The number of nitrogens with zero attached hydrogens (tertiary/aromatic N) is 4. The number of anilines is 1. The Morgan fingerprint density at radius 2 is 2.24 bits per heavy atom. The zero-order chi connectivity index (χ0) is 12.4. The molecule has 2 heterocycles. The first-order valence-electron chi connectivity index (χ1n) is 5.44. The van der Waals surface area contributed by atoms with Crippen molar-refractivity contribution in [2.75, 3.05) is 5.73 Å². The summed E-state index contributed by atoms with van der Waals surface area (Å²) in [7, 11) is 0. The van der Waals surface area contributed by atoms with Crippen LogP contribution in [0.3, 0.4) is 0 Å². The van der Waals surface area contributed by atoms with E-state index in [9.17, 15) is 4.79 Å². The van der Waals surface area contributed by atoms with Crippen molar-refractivity contribution in [2.45, 2.75) is 20.4 Å². The van der Waals surface area contributed by atoms with E-state index in [2.05, 4.69) is 23.9 Å². The fraction of sp³-hybridized carbons (Fsp3) is 0.364. The monoisotopic (exact) mass is 233 g/mol. The zero-order valence-electron chi connectivity index (χ0n) is 9.87. The molecular formula is C11H15N5O. The minimum absolute atomic E-state index is 0.163. The van der Waals surface area contributed by atoms with Gasteiger partial charge in [0.15, 0.2) is 0 Å². The largest absolute Gasteiger partial charge is 0.396 e. The number of nitrogens with two attached hydrogens (primary N) is 1. The summed E-state index contributed by atoms with van der Waals surface area (Å²) in [6, 6.07) is 0. The van der Waals surface area contributed by atoms with Crippen LogP contribution in [0.5, 0.6) is 0 Å². The van der Waals surface area contributed by atoms with Crippen LogP contribution in [0, 0.1) is 5.92 Å². The van der Waals surface area contributed by atoms with Crippen molar-refractivity contribution >= 4 is 5.69 Å². The van der Waals surface area contributed by atoms with Gasteiger partial charge >= 0.3 is 0 Å². The Morgan fingerprint density at radius 1 is 1.47 bits per heavy atom. The highest BCUT2D eigenvalue weighted by Gasteiger charge is 2.08. The lowest BCUT2D eigenvalue weighted by Crippen LogP contribution is -2.27. The molecule has 0 spiro atoms. The molecule has 0 aliphatic carbocycles. The van der Waals surface area contributed by atoms with E-state index in [0.717, 1.165) is 0 Å². The summed E-state index contributed by atoms with van der Waals surface area (Å²) in [5.74, 6) is 0.662. The highest BCUT2D eigenvalue weighted by molar-refractivity contribution is 5.34. The van der Waals surface area contributed by atoms with E-state index in [1.807, 2.05) is 0 Å². The van der Waals surface area contributed by atoms with Crippen LogP contribution in [0.15, 0.2) is 29.6 Å². The van der Waals surface area contributed by atoms with Crippen LogP contribution < -0.4 is 11.3 Å². The van der Waals surface area contributed by atoms with Gasteiger partial charge in [-0.2, -0.15) is 5.10 Å². The molecule has 0 amide bonds. The van der Waals surface area contributed by atoms with Gasteiger partial charge < -0.3 is 10.3 Å². The van der Waals surface area contributed by atoms with Gasteiger partial charge in [-0.3, -0.25) is 4.79 Å². The standard InChI is InChI=1S/C11H15N5O/c1-8(2)6-15-4-3-13-10(11(15)17)16-7-9(12)5-14-16/h3-5,7-8H,6,12H2,1-2H3. The maximum absolute atomic E-state index is 12.1. The van der Waals surface area contributed by atoms with E-state index >= 15 is 0 Å². The molecule has 6 nitrogen and oxygen atoms in total. The Bertz CT molecular complexity index is 569. The van der Waals surface area contributed by atoms with Crippen LogP contribution in [0.2, 0.25) is 0 Å². The average molecular weight is 233 g/mol. The topological polar surface area (TPSA) is 78.7 Å². The number of hydrogen-bond donors (Lipinski definition) is 1. The number of rotatable bonds is 3. The highest BCUT2D eigenvalue weighted by Crippen LogP contribution is 2.03. The Labute approximate surface area is 98.7 Å². The summed E-state index contributed by atoms with van der Waals surface area (Å²) in [5.41, 5.74) is 5.91. The Morgan fingerprint density at radius 3 is 2.82 bits per heavy atom. The predicted octanol–water partition coefficient (Wildman–Crippen LogP) is 0.667. The average Bonchev–Trinajstić information content (AvgIpc) is 2.67. The fourth-order valence-electron chi connectivity index (χ4n) is 1.58. The first-order valence-corrected chi connectivity index (χ1v) is 5.44. The van der Waals surface area contributed by atoms with Crippen molar-refractivity contribution in [3.05, 3.63) is 35.1 Å². The second-order valence-corrected chi connectivity index (χ2v) is 4.32. The zero-order valence-corrected chi connectivity index (χ0v) is 9.87. The molecule has 0 saturated carbocycles. The van der Waals surface area contributed by atoms with Crippen LogP contribution in [-0.4, -0.2) is 19.3 Å². The fourth-order valence-corrected chi connectivity index (χ4v) is 1.58. The molecule has 6 heteroatoms. The second kappa shape index (κ2) is 4.40. The molecule has 2 N–H and O–H groups in total. The van der Waals surface area contributed by atoms with E-state index in [0.29, 0.717) is 18.2 Å². The minimum atomic E-state index is -0.163. The van der Waals surface area contributed by atoms with E-state index in [1.54, 1.807) is 23.2 Å². The lowest BCUT2D eigenvalue weighted by atomic mass is 10.2. The Hall–Kier alpha value is -2.11. The van der Waals surface area contributed by atoms with Crippen molar-refractivity contribution in [1.29, 1.82) is 0 Å². The molecule has 0 fully saturated rings. The van der Waals surface area contributed by atoms with Gasteiger partial charge in [0.1, 0.15) is 0 Å². The number of nitrogen functional groups attached to an aromatic ring is 1. The molecule has 2 aromatic rings. The van der Waals surface area contributed by atoms with E-state index in [4.69, 9.17) is 5.73 Å². The maximum Gasteiger partial charge on any atom is 0.295 e. The molecule has 0 bridgehead atoms. The molecule has 0 radical (unpaired) electrons. The SMILES string of the molecule is CC(C)Cn1ccnc(-n2cc(N)cn2)c1=O. The van der Waals surface area contributed by atoms with Crippen LogP contribution >= 0.6 is 0 Å². The van der Waals surface area contributed by atoms with Gasteiger partial charge in [-0.05, 0) is 5.92 Å². The molecule has 0 aliphatic rings. The predicted molar refractivity (Wildman–Crippen MR) is 64.9 cm³/mol. The van der Waals surface area contributed by atoms with Crippen molar-refractivity contribution in [1.82, 2.24) is 19.3 Å². The van der Waals surface area contributed by atoms with Gasteiger partial charge in [0.2, 0.25) is 5.82 Å². The maximum atomic E-state index is 12.1. The minimum Gasteiger partial charge on any atom is -0.396 e. The van der Waals surface area contributed by atoms with E-state index in [-0.39, 0.29) is 11.4 Å². The molecule has 90 valence electrons. The highest BCUT2D eigenvalue weighted by atomic mass is 16.1. The molecule has 0 aliphatic heterocycles. The lowest BCUT2D eigenvalue weighted by molar-refractivity contribution is 0.506. The Balaban J connectivity index is 2.46. The molecule has 2 aromatic heterocycles. The second-order valence-electron chi connectivity index (χ2n) is 4.32. The summed E-state index contributed by atoms with van der Waals surface area (Å²) in [5, 5.41) is 3.98. The first kappa shape index (κ1) is 11.4. The molecule has 0 aromatic carbocycles. The van der Waals surface area contributed by atoms with Gasteiger partial charge in [-0.25, -0.2) is 9.67 Å².